The van der Waals surface area contributed by atoms with E-state index >= 15 is 0 Å². The SMILES string of the molecule is CCOC(=O)c1ccc(N2CCN(c3ccc(OCCCCCCOC)cc3)CC2)cc1. The molecule has 2 aromatic rings. The molecule has 0 aliphatic carbocycles. The molecule has 6 nitrogen and oxygen atoms in total. The van der Waals surface area contributed by atoms with E-state index in [1.807, 2.05) is 31.2 Å². The predicted octanol–water partition coefficient (Wildman–Crippen LogP) is 4.78. The first-order valence-corrected chi connectivity index (χ1v) is 11.7. The average Bonchev–Trinajstić information content (AvgIpc) is 2.84. The van der Waals surface area contributed by atoms with Gasteiger partial charge in [-0.05, 0) is 74.7 Å². The van der Waals surface area contributed by atoms with Crippen molar-refractivity contribution < 1.29 is 19.0 Å². The monoisotopic (exact) mass is 440 g/mol. The van der Waals surface area contributed by atoms with E-state index in [-0.39, 0.29) is 5.97 Å². The Kier molecular flexibility index (Phi) is 9.69. The summed E-state index contributed by atoms with van der Waals surface area (Å²) in [5.41, 5.74) is 2.97. The summed E-state index contributed by atoms with van der Waals surface area (Å²) >= 11 is 0. The number of rotatable bonds is 12. The number of methoxy groups -OCH3 is 1. The van der Waals surface area contributed by atoms with Crippen LogP contribution >= 0.6 is 0 Å². The van der Waals surface area contributed by atoms with E-state index in [1.165, 1.54) is 18.5 Å². The van der Waals surface area contributed by atoms with Gasteiger partial charge in [0.1, 0.15) is 5.75 Å². The highest BCUT2D eigenvalue weighted by atomic mass is 16.5. The van der Waals surface area contributed by atoms with Crippen molar-refractivity contribution in [3.8, 4) is 5.75 Å². The highest BCUT2D eigenvalue weighted by Crippen LogP contribution is 2.23. The van der Waals surface area contributed by atoms with Crippen LogP contribution in [-0.2, 0) is 9.47 Å². The molecule has 174 valence electrons. The van der Waals surface area contributed by atoms with Crippen LogP contribution in [0.15, 0.2) is 48.5 Å². The number of anilines is 2. The molecule has 1 heterocycles. The number of esters is 1. The minimum absolute atomic E-state index is 0.265. The van der Waals surface area contributed by atoms with E-state index in [0.29, 0.717) is 12.2 Å². The van der Waals surface area contributed by atoms with Gasteiger partial charge >= 0.3 is 5.97 Å². The van der Waals surface area contributed by atoms with Gasteiger partial charge in [-0.2, -0.15) is 0 Å². The van der Waals surface area contributed by atoms with E-state index in [1.54, 1.807) is 7.11 Å². The molecule has 0 spiro atoms. The molecule has 0 N–H and O–H groups in total. The molecule has 3 rings (SSSR count). The van der Waals surface area contributed by atoms with Crippen molar-refractivity contribution in [2.45, 2.75) is 32.6 Å². The molecular weight excluding hydrogens is 404 g/mol. The van der Waals surface area contributed by atoms with Crippen LogP contribution in [0, 0.1) is 0 Å². The molecular formula is C26H36N2O4. The fraction of sp³-hybridized carbons (Fsp3) is 0.500. The third kappa shape index (κ3) is 7.16. The first-order valence-electron chi connectivity index (χ1n) is 11.7. The third-order valence-corrected chi connectivity index (χ3v) is 5.74. The van der Waals surface area contributed by atoms with Crippen LogP contribution in [-0.4, -0.2) is 59.1 Å². The standard InChI is InChI=1S/C26H36N2O4/c1-3-31-26(29)22-8-10-23(11-9-22)27-16-18-28(19-17-27)24-12-14-25(15-13-24)32-21-7-5-4-6-20-30-2/h8-15H,3-7,16-21H2,1-2H3. The summed E-state index contributed by atoms with van der Waals surface area (Å²) in [6.07, 6.45) is 4.57. The van der Waals surface area contributed by atoms with Gasteiger partial charge in [-0.3, -0.25) is 0 Å². The van der Waals surface area contributed by atoms with E-state index < -0.39 is 0 Å². The second-order valence-electron chi connectivity index (χ2n) is 7.99. The summed E-state index contributed by atoms with van der Waals surface area (Å²) in [5.74, 6) is 0.671. The van der Waals surface area contributed by atoms with Crippen LogP contribution in [0.2, 0.25) is 0 Å². The minimum Gasteiger partial charge on any atom is -0.494 e. The second-order valence-corrected chi connectivity index (χ2v) is 7.99. The van der Waals surface area contributed by atoms with Crippen LogP contribution in [0.3, 0.4) is 0 Å². The number of benzene rings is 2. The molecule has 0 atom stereocenters. The first-order chi connectivity index (χ1) is 15.7. The van der Waals surface area contributed by atoms with Gasteiger partial charge in [0.15, 0.2) is 0 Å². The molecule has 0 aromatic heterocycles. The molecule has 0 saturated carbocycles. The van der Waals surface area contributed by atoms with E-state index in [2.05, 4.69) is 34.1 Å². The number of carbonyl (C=O) groups is 1. The maximum absolute atomic E-state index is 11.8. The molecule has 1 fully saturated rings. The third-order valence-electron chi connectivity index (χ3n) is 5.74. The number of unbranched alkanes of at least 4 members (excludes halogenated alkanes) is 3. The number of carbonyl (C=O) groups excluding carboxylic acids is 1. The van der Waals surface area contributed by atoms with Gasteiger partial charge in [-0.1, -0.05) is 6.42 Å². The molecule has 2 aromatic carbocycles. The summed E-state index contributed by atoms with van der Waals surface area (Å²) in [7, 11) is 1.75. The number of piperazine rings is 1. The van der Waals surface area contributed by atoms with Gasteiger partial charge in [-0.15, -0.1) is 0 Å². The van der Waals surface area contributed by atoms with Crippen LogP contribution in [0.25, 0.3) is 0 Å². The summed E-state index contributed by atoms with van der Waals surface area (Å²) in [6, 6.07) is 16.1. The van der Waals surface area contributed by atoms with Crippen LogP contribution in [0.1, 0.15) is 43.0 Å². The molecule has 1 aliphatic heterocycles. The Hall–Kier alpha value is -2.73. The van der Waals surface area contributed by atoms with Gasteiger partial charge in [-0.25, -0.2) is 4.79 Å². The van der Waals surface area contributed by atoms with E-state index in [4.69, 9.17) is 14.2 Å². The maximum Gasteiger partial charge on any atom is 0.338 e. The molecule has 6 heteroatoms. The minimum atomic E-state index is -0.265. The number of ether oxygens (including phenoxy) is 3. The Morgan fingerprint density at radius 1 is 0.781 bits per heavy atom. The zero-order chi connectivity index (χ0) is 22.6. The molecule has 0 radical (unpaired) electrons. The summed E-state index contributed by atoms with van der Waals surface area (Å²) in [6.45, 7) is 7.63. The Morgan fingerprint density at radius 2 is 1.31 bits per heavy atom. The quantitative estimate of drug-likeness (QED) is 0.350. The Morgan fingerprint density at radius 3 is 1.84 bits per heavy atom. The topological polar surface area (TPSA) is 51.2 Å². The van der Waals surface area contributed by atoms with E-state index in [0.717, 1.165) is 63.7 Å². The highest BCUT2D eigenvalue weighted by molar-refractivity contribution is 5.89. The lowest BCUT2D eigenvalue weighted by Crippen LogP contribution is -2.46. The van der Waals surface area contributed by atoms with Gasteiger partial charge in [0.2, 0.25) is 0 Å². The van der Waals surface area contributed by atoms with Crippen molar-refractivity contribution in [2.75, 3.05) is 62.9 Å². The molecule has 1 saturated heterocycles. The van der Waals surface area contributed by atoms with Crippen LogP contribution in [0.4, 0.5) is 11.4 Å². The van der Waals surface area contributed by atoms with Crippen molar-refractivity contribution in [3.05, 3.63) is 54.1 Å². The molecule has 1 aliphatic rings. The largest absolute Gasteiger partial charge is 0.494 e. The number of hydrogen-bond donors (Lipinski definition) is 0. The number of hydrogen-bond acceptors (Lipinski definition) is 6. The smallest absolute Gasteiger partial charge is 0.338 e. The fourth-order valence-corrected chi connectivity index (χ4v) is 3.89. The van der Waals surface area contributed by atoms with E-state index in [9.17, 15) is 4.79 Å². The van der Waals surface area contributed by atoms with Crippen molar-refractivity contribution in [3.63, 3.8) is 0 Å². The van der Waals surface area contributed by atoms with Gasteiger partial charge < -0.3 is 24.0 Å². The second kappa shape index (κ2) is 13.0. The van der Waals surface area contributed by atoms with Crippen molar-refractivity contribution in [2.24, 2.45) is 0 Å². The molecule has 32 heavy (non-hydrogen) atoms. The lowest BCUT2D eigenvalue weighted by molar-refractivity contribution is 0.0526. The van der Waals surface area contributed by atoms with Gasteiger partial charge in [0.05, 0.1) is 18.8 Å². The predicted molar refractivity (Wildman–Crippen MR) is 129 cm³/mol. The van der Waals surface area contributed by atoms with Crippen molar-refractivity contribution >= 4 is 17.3 Å². The Labute approximate surface area is 192 Å². The van der Waals surface area contributed by atoms with Gasteiger partial charge in [0, 0.05) is 51.3 Å². The summed E-state index contributed by atoms with van der Waals surface area (Å²) in [5, 5.41) is 0. The first kappa shape index (κ1) is 23.9. The van der Waals surface area contributed by atoms with Crippen LogP contribution in [0.5, 0.6) is 5.75 Å². The lowest BCUT2D eigenvalue weighted by atomic mass is 10.1. The highest BCUT2D eigenvalue weighted by Gasteiger charge is 2.18. The summed E-state index contributed by atoms with van der Waals surface area (Å²) in [4.78, 5) is 16.6. The van der Waals surface area contributed by atoms with Crippen molar-refractivity contribution in [1.82, 2.24) is 0 Å². The Bertz CT molecular complexity index is 800. The Balaban J connectivity index is 1.40. The van der Waals surface area contributed by atoms with Crippen molar-refractivity contribution in [1.29, 1.82) is 0 Å². The van der Waals surface area contributed by atoms with Gasteiger partial charge in [0.25, 0.3) is 0 Å². The lowest BCUT2D eigenvalue weighted by Gasteiger charge is -2.37. The molecule has 0 amide bonds. The zero-order valence-corrected chi connectivity index (χ0v) is 19.4. The maximum atomic E-state index is 11.8. The normalized spacial score (nSPS) is 13.8. The zero-order valence-electron chi connectivity index (χ0n) is 19.4. The average molecular weight is 441 g/mol. The van der Waals surface area contributed by atoms with Crippen LogP contribution < -0.4 is 14.5 Å². The molecule has 0 unspecified atom stereocenters. The summed E-state index contributed by atoms with van der Waals surface area (Å²) < 4.78 is 16.0. The fourth-order valence-electron chi connectivity index (χ4n) is 3.89. The number of nitrogens with zero attached hydrogens (tertiary/aromatic N) is 2. The molecule has 0 bridgehead atoms.